The minimum atomic E-state index is 0.240. The summed E-state index contributed by atoms with van der Waals surface area (Å²) in [7, 11) is 0. The summed E-state index contributed by atoms with van der Waals surface area (Å²) >= 11 is 0. The van der Waals surface area contributed by atoms with Gasteiger partial charge in [0.2, 0.25) is 0 Å². The number of ether oxygens (including phenoxy) is 1. The van der Waals surface area contributed by atoms with Crippen LogP contribution in [-0.2, 0) is 4.74 Å². The number of hydrogen-bond donors (Lipinski definition) is 0. The lowest BCUT2D eigenvalue weighted by Gasteiger charge is -2.28. The van der Waals surface area contributed by atoms with Gasteiger partial charge in [-0.3, -0.25) is 0 Å². The van der Waals surface area contributed by atoms with Gasteiger partial charge in [0.15, 0.2) is 5.65 Å². The molecule has 25 heavy (non-hydrogen) atoms. The van der Waals surface area contributed by atoms with Gasteiger partial charge in [-0.25, -0.2) is 15.0 Å². The number of rotatable bonds is 3. The molecule has 0 spiro atoms. The van der Waals surface area contributed by atoms with Gasteiger partial charge in [0.05, 0.1) is 11.5 Å². The minimum Gasteiger partial charge on any atom is -0.375 e. The van der Waals surface area contributed by atoms with E-state index in [4.69, 9.17) is 4.74 Å². The molecule has 6 heteroatoms. The highest BCUT2D eigenvalue weighted by Gasteiger charge is 2.25. The number of aromatic nitrogens is 3. The standard InChI is InChI=1S/C19H27N5O/c1-14-10-15(2)22-18-17(14)19(21-13-20-18)24-8-5-9-25-16(12-24)11-23-6-3-4-7-23/h10,13,16H,3-9,11-12H2,1-2H3/t16-/m0/s1. The number of likely N-dealkylation sites (tertiary alicyclic amines) is 1. The number of anilines is 1. The Labute approximate surface area is 149 Å². The summed E-state index contributed by atoms with van der Waals surface area (Å²) in [4.78, 5) is 18.5. The Bertz CT molecular complexity index is 744. The van der Waals surface area contributed by atoms with E-state index in [1.807, 2.05) is 6.92 Å². The lowest BCUT2D eigenvalue weighted by Crippen LogP contribution is -2.39. The average molecular weight is 341 g/mol. The van der Waals surface area contributed by atoms with Gasteiger partial charge in [-0.1, -0.05) is 0 Å². The van der Waals surface area contributed by atoms with Gasteiger partial charge in [0, 0.05) is 31.9 Å². The largest absolute Gasteiger partial charge is 0.375 e. The van der Waals surface area contributed by atoms with Crippen molar-refractivity contribution in [2.24, 2.45) is 0 Å². The Balaban J connectivity index is 1.62. The van der Waals surface area contributed by atoms with Crippen LogP contribution < -0.4 is 4.90 Å². The maximum absolute atomic E-state index is 6.14. The molecule has 4 rings (SSSR count). The molecule has 0 radical (unpaired) electrons. The molecular weight excluding hydrogens is 314 g/mol. The summed E-state index contributed by atoms with van der Waals surface area (Å²) in [5.41, 5.74) is 2.99. The molecule has 0 aliphatic carbocycles. The molecule has 0 unspecified atom stereocenters. The number of nitrogens with zero attached hydrogens (tertiary/aromatic N) is 5. The van der Waals surface area contributed by atoms with Gasteiger partial charge < -0.3 is 14.5 Å². The average Bonchev–Trinajstić information content (AvgIpc) is 2.98. The predicted octanol–water partition coefficient (Wildman–Crippen LogP) is 2.33. The first-order valence-corrected chi connectivity index (χ1v) is 9.38. The second-order valence-electron chi connectivity index (χ2n) is 7.28. The van der Waals surface area contributed by atoms with Crippen LogP contribution >= 0.6 is 0 Å². The van der Waals surface area contributed by atoms with E-state index >= 15 is 0 Å². The maximum atomic E-state index is 6.14. The summed E-state index contributed by atoms with van der Waals surface area (Å²) < 4.78 is 6.14. The highest BCUT2D eigenvalue weighted by Crippen LogP contribution is 2.27. The van der Waals surface area contributed by atoms with Crippen LogP contribution in [0.3, 0.4) is 0 Å². The van der Waals surface area contributed by atoms with Gasteiger partial charge in [-0.05, 0) is 57.8 Å². The van der Waals surface area contributed by atoms with Gasteiger partial charge in [0.1, 0.15) is 12.1 Å². The zero-order chi connectivity index (χ0) is 17.2. The van der Waals surface area contributed by atoms with E-state index in [9.17, 15) is 0 Å². The summed E-state index contributed by atoms with van der Waals surface area (Å²) in [5.74, 6) is 1.01. The van der Waals surface area contributed by atoms with Crippen molar-refractivity contribution in [2.75, 3.05) is 44.2 Å². The van der Waals surface area contributed by atoms with Crippen LogP contribution in [0, 0.1) is 13.8 Å². The first kappa shape index (κ1) is 16.7. The van der Waals surface area contributed by atoms with E-state index in [0.717, 1.165) is 55.2 Å². The first-order chi connectivity index (χ1) is 12.2. The zero-order valence-corrected chi connectivity index (χ0v) is 15.2. The Morgan fingerprint density at radius 1 is 1.12 bits per heavy atom. The van der Waals surface area contributed by atoms with Crippen LogP contribution in [-0.4, -0.2) is 65.3 Å². The predicted molar refractivity (Wildman–Crippen MR) is 99.1 cm³/mol. The van der Waals surface area contributed by atoms with Crippen LogP contribution in [0.25, 0.3) is 11.0 Å². The van der Waals surface area contributed by atoms with E-state index in [1.54, 1.807) is 6.33 Å². The topological polar surface area (TPSA) is 54.4 Å². The fourth-order valence-corrected chi connectivity index (χ4v) is 4.08. The molecule has 0 amide bonds. The molecule has 6 nitrogen and oxygen atoms in total. The van der Waals surface area contributed by atoms with Crippen molar-refractivity contribution >= 4 is 16.9 Å². The summed E-state index contributed by atoms with van der Waals surface area (Å²) in [6, 6.07) is 2.12. The monoisotopic (exact) mass is 341 g/mol. The van der Waals surface area contributed by atoms with Crippen molar-refractivity contribution in [3.05, 3.63) is 23.7 Å². The van der Waals surface area contributed by atoms with E-state index in [-0.39, 0.29) is 6.10 Å². The molecule has 2 aromatic rings. The van der Waals surface area contributed by atoms with Gasteiger partial charge in [0.25, 0.3) is 0 Å². The van der Waals surface area contributed by atoms with Gasteiger partial charge >= 0.3 is 0 Å². The second kappa shape index (κ2) is 7.22. The lowest BCUT2D eigenvalue weighted by molar-refractivity contribution is 0.0450. The van der Waals surface area contributed by atoms with Crippen LogP contribution in [0.2, 0.25) is 0 Å². The summed E-state index contributed by atoms with van der Waals surface area (Å²) in [6.45, 7) is 10.3. The Morgan fingerprint density at radius 3 is 2.80 bits per heavy atom. The van der Waals surface area contributed by atoms with Crippen molar-refractivity contribution in [1.82, 2.24) is 19.9 Å². The molecule has 2 fully saturated rings. The Hall–Kier alpha value is -1.79. The zero-order valence-electron chi connectivity index (χ0n) is 15.2. The lowest BCUT2D eigenvalue weighted by atomic mass is 10.1. The van der Waals surface area contributed by atoms with Crippen molar-refractivity contribution < 1.29 is 4.74 Å². The fourth-order valence-electron chi connectivity index (χ4n) is 4.08. The molecule has 0 aromatic carbocycles. The normalized spacial score (nSPS) is 22.5. The summed E-state index contributed by atoms with van der Waals surface area (Å²) in [5, 5.41) is 1.08. The molecule has 1 atom stereocenters. The highest BCUT2D eigenvalue weighted by atomic mass is 16.5. The molecule has 0 saturated carbocycles. The van der Waals surface area contributed by atoms with E-state index in [2.05, 4.69) is 37.7 Å². The third kappa shape index (κ3) is 3.60. The number of aryl methyl sites for hydroxylation is 2. The third-order valence-corrected chi connectivity index (χ3v) is 5.22. The molecule has 2 aliphatic heterocycles. The SMILES string of the molecule is Cc1cc(C)c2c(N3CCCO[C@@H](CN4CCCC4)C3)ncnc2n1. The van der Waals surface area contributed by atoms with Crippen molar-refractivity contribution in [3.63, 3.8) is 0 Å². The Morgan fingerprint density at radius 2 is 1.96 bits per heavy atom. The van der Waals surface area contributed by atoms with Crippen molar-refractivity contribution in [2.45, 2.75) is 39.2 Å². The van der Waals surface area contributed by atoms with E-state index < -0.39 is 0 Å². The molecule has 4 heterocycles. The smallest absolute Gasteiger partial charge is 0.165 e. The molecule has 2 aromatic heterocycles. The molecule has 2 saturated heterocycles. The first-order valence-electron chi connectivity index (χ1n) is 9.38. The molecule has 0 N–H and O–H groups in total. The molecular formula is C19H27N5O. The van der Waals surface area contributed by atoms with Crippen LogP contribution in [0.5, 0.6) is 0 Å². The van der Waals surface area contributed by atoms with Gasteiger partial charge in [-0.15, -0.1) is 0 Å². The molecule has 2 aliphatic rings. The number of fused-ring (bicyclic) bond motifs is 1. The third-order valence-electron chi connectivity index (χ3n) is 5.22. The Kier molecular flexibility index (Phi) is 4.81. The van der Waals surface area contributed by atoms with Crippen LogP contribution in [0.1, 0.15) is 30.5 Å². The van der Waals surface area contributed by atoms with Crippen molar-refractivity contribution in [1.29, 1.82) is 0 Å². The quantitative estimate of drug-likeness (QED) is 0.854. The van der Waals surface area contributed by atoms with Crippen molar-refractivity contribution in [3.8, 4) is 0 Å². The fraction of sp³-hybridized carbons (Fsp3) is 0.632. The van der Waals surface area contributed by atoms with E-state index in [0.29, 0.717) is 0 Å². The van der Waals surface area contributed by atoms with Crippen LogP contribution in [0.4, 0.5) is 5.82 Å². The van der Waals surface area contributed by atoms with Gasteiger partial charge in [-0.2, -0.15) is 0 Å². The second-order valence-corrected chi connectivity index (χ2v) is 7.28. The molecule has 0 bridgehead atoms. The molecule has 134 valence electrons. The minimum absolute atomic E-state index is 0.240. The van der Waals surface area contributed by atoms with E-state index in [1.165, 1.54) is 31.5 Å². The highest BCUT2D eigenvalue weighted by molar-refractivity contribution is 5.90. The maximum Gasteiger partial charge on any atom is 0.165 e. The number of hydrogen-bond acceptors (Lipinski definition) is 6. The summed E-state index contributed by atoms with van der Waals surface area (Å²) in [6.07, 6.45) is 5.55. The van der Waals surface area contributed by atoms with Crippen LogP contribution in [0.15, 0.2) is 12.4 Å². The number of pyridine rings is 1.